The van der Waals surface area contributed by atoms with Crippen LogP contribution in [0.5, 0.6) is 0 Å². The summed E-state index contributed by atoms with van der Waals surface area (Å²) in [6.45, 7) is 0. The molecule has 0 spiro atoms. The molecular formula is C20H18F2N4O3S2. The zero-order valence-corrected chi connectivity index (χ0v) is 17.8. The maximum atomic E-state index is 14.6. The number of rotatable bonds is 6. The monoisotopic (exact) mass is 464 g/mol. The Morgan fingerprint density at radius 3 is 2.61 bits per heavy atom. The number of nitrogens with one attached hydrogen (secondary N) is 1. The standard InChI is InChI=1S/C20H18F2N4O3S2/c21-14-6-7-17(16(22)10-14)26-19(13-4-2-1-3-5-13)24-25-20(26)30-11-18(27)23-15-8-9-31(28,29)12-15/h1-7,10,15H,8-9,11-12H2,(H,23,27)/t15-/m1/s1. The first-order chi connectivity index (χ1) is 14.8. The van der Waals surface area contributed by atoms with Crippen LogP contribution in [-0.4, -0.2) is 52.4 Å². The molecule has 7 nitrogen and oxygen atoms in total. The third-order valence-corrected chi connectivity index (χ3v) is 7.44. The smallest absolute Gasteiger partial charge is 0.230 e. The van der Waals surface area contributed by atoms with Crippen LogP contribution in [0.3, 0.4) is 0 Å². The number of nitrogens with zero attached hydrogens (tertiary/aromatic N) is 3. The summed E-state index contributed by atoms with van der Waals surface area (Å²) in [5.41, 5.74) is 0.723. The summed E-state index contributed by atoms with van der Waals surface area (Å²) in [6.07, 6.45) is 0.383. The van der Waals surface area contributed by atoms with E-state index in [4.69, 9.17) is 0 Å². The Morgan fingerprint density at radius 1 is 1.16 bits per heavy atom. The molecule has 1 atom stereocenters. The lowest BCUT2D eigenvalue weighted by Gasteiger charge is -2.12. The fourth-order valence-corrected chi connectivity index (χ4v) is 5.76. The molecule has 1 aliphatic rings. The highest BCUT2D eigenvalue weighted by Crippen LogP contribution is 2.29. The van der Waals surface area contributed by atoms with Crippen molar-refractivity contribution in [3.8, 4) is 17.1 Å². The summed E-state index contributed by atoms with van der Waals surface area (Å²) < 4.78 is 52.5. The van der Waals surface area contributed by atoms with Crippen molar-refractivity contribution in [2.75, 3.05) is 17.3 Å². The Balaban J connectivity index is 1.59. The summed E-state index contributed by atoms with van der Waals surface area (Å²) in [7, 11) is -3.11. The number of thioether (sulfide) groups is 1. The molecule has 1 aromatic heterocycles. The minimum Gasteiger partial charge on any atom is -0.352 e. The second-order valence-corrected chi connectivity index (χ2v) is 10.2. The van der Waals surface area contributed by atoms with Crippen LogP contribution < -0.4 is 5.32 Å². The molecule has 162 valence electrons. The highest BCUT2D eigenvalue weighted by atomic mass is 32.2. The van der Waals surface area contributed by atoms with Crippen molar-refractivity contribution in [3.63, 3.8) is 0 Å². The minimum absolute atomic E-state index is 0.0510. The zero-order chi connectivity index (χ0) is 22.0. The molecule has 31 heavy (non-hydrogen) atoms. The lowest BCUT2D eigenvalue weighted by atomic mass is 10.2. The van der Waals surface area contributed by atoms with Crippen LogP contribution in [0.15, 0.2) is 53.7 Å². The Labute approximate surface area is 181 Å². The number of aromatic nitrogens is 3. The van der Waals surface area contributed by atoms with Crippen molar-refractivity contribution in [1.29, 1.82) is 0 Å². The maximum absolute atomic E-state index is 14.6. The van der Waals surface area contributed by atoms with E-state index in [2.05, 4.69) is 15.5 Å². The molecule has 1 amide bonds. The van der Waals surface area contributed by atoms with Gasteiger partial charge < -0.3 is 5.32 Å². The molecule has 0 aliphatic carbocycles. The molecule has 11 heteroatoms. The van der Waals surface area contributed by atoms with Crippen LogP contribution >= 0.6 is 11.8 Å². The molecular weight excluding hydrogens is 446 g/mol. The summed E-state index contributed by atoms with van der Waals surface area (Å²) in [4.78, 5) is 12.3. The first-order valence-electron chi connectivity index (χ1n) is 9.41. The lowest BCUT2D eigenvalue weighted by Crippen LogP contribution is -2.36. The molecule has 0 saturated carbocycles. The van der Waals surface area contributed by atoms with E-state index < -0.39 is 27.5 Å². The van der Waals surface area contributed by atoms with Crippen LogP contribution in [0.1, 0.15) is 6.42 Å². The summed E-state index contributed by atoms with van der Waals surface area (Å²) in [5, 5.41) is 11.2. The summed E-state index contributed by atoms with van der Waals surface area (Å²) in [5.74, 6) is -1.59. The van der Waals surface area contributed by atoms with Gasteiger partial charge in [-0.25, -0.2) is 17.2 Å². The van der Waals surface area contributed by atoms with Gasteiger partial charge >= 0.3 is 0 Å². The van der Waals surface area contributed by atoms with E-state index in [-0.39, 0.29) is 34.0 Å². The fourth-order valence-electron chi connectivity index (χ4n) is 3.33. The molecule has 2 heterocycles. The van der Waals surface area contributed by atoms with E-state index in [1.165, 1.54) is 10.6 Å². The molecule has 2 aromatic carbocycles. The van der Waals surface area contributed by atoms with Gasteiger partial charge in [0.1, 0.15) is 11.6 Å². The molecule has 1 aliphatic heterocycles. The van der Waals surface area contributed by atoms with Gasteiger partial charge in [-0.1, -0.05) is 42.1 Å². The number of halogens is 2. The van der Waals surface area contributed by atoms with Gasteiger partial charge in [0.2, 0.25) is 5.91 Å². The van der Waals surface area contributed by atoms with Gasteiger partial charge in [0, 0.05) is 17.7 Å². The average Bonchev–Trinajstić information content (AvgIpc) is 3.30. The van der Waals surface area contributed by atoms with Crippen LogP contribution in [0.2, 0.25) is 0 Å². The van der Waals surface area contributed by atoms with Crippen LogP contribution in [0.4, 0.5) is 8.78 Å². The molecule has 1 fully saturated rings. The number of carbonyl (C=O) groups is 1. The van der Waals surface area contributed by atoms with Crippen LogP contribution in [0.25, 0.3) is 17.1 Å². The normalized spacial score (nSPS) is 17.5. The first-order valence-corrected chi connectivity index (χ1v) is 12.2. The molecule has 3 aromatic rings. The Morgan fingerprint density at radius 2 is 1.94 bits per heavy atom. The van der Waals surface area contributed by atoms with E-state index in [1.807, 2.05) is 6.07 Å². The van der Waals surface area contributed by atoms with E-state index in [1.54, 1.807) is 24.3 Å². The van der Waals surface area contributed by atoms with Crippen LogP contribution in [0, 0.1) is 11.6 Å². The second kappa shape index (κ2) is 8.75. The van der Waals surface area contributed by atoms with Crippen molar-refractivity contribution in [2.24, 2.45) is 0 Å². The molecule has 1 saturated heterocycles. The third-order valence-electron chi connectivity index (χ3n) is 4.75. The minimum atomic E-state index is -3.11. The van der Waals surface area contributed by atoms with Gasteiger partial charge in [-0.2, -0.15) is 0 Å². The van der Waals surface area contributed by atoms with Gasteiger partial charge in [-0.05, 0) is 18.6 Å². The highest BCUT2D eigenvalue weighted by Gasteiger charge is 2.29. The predicted molar refractivity (Wildman–Crippen MR) is 113 cm³/mol. The van der Waals surface area contributed by atoms with Gasteiger partial charge in [0.05, 0.1) is 22.9 Å². The number of hydrogen-bond donors (Lipinski definition) is 1. The SMILES string of the molecule is O=C(CSc1nnc(-c2ccccc2)n1-c1ccc(F)cc1F)N[C@@H]1CCS(=O)(=O)C1. The summed E-state index contributed by atoms with van der Waals surface area (Å²) in [6, 6.07) is 11.8. The topological polar surface area (TPSA) is 93.9 Å². The average molecular weight is 465 g/mol. The molecule has 0 radical (unpaired) electrons. The molecule has 1 N–H and O–H groups in total. The number of benzene rings is 2. The molecule has 4 rings (SSSR count). The predicted octanol–water partition coefficient (Wildman–Crippen LogP) is 2.61. The van der Waals surface area contributed by atoms with Crippen molar-refractivity contribution in [2.45, 2.75) is 17.6 Å². The van der Waals surface area contributed by atoms with Crippen molar-refractivity contribution in [3.05, 3.63) is 60.2 Å². The lowest BCUT2D eigenvalue weighted by molar-refractivity contribution is -0.119. The molecule has 0 bridgehead atoms. The number of amides is 1. The third kappa shape index (κ3) is 4.93. The Kier molecular flexibility index (Phi) is 6.05. The van der Waals surface area contributed by atoms with Gasteiger partial charge in [0.25, 0.3) is 0 Å². The zero-order valence-electron chi connectivity index (χ0n) is 16.2. The van der Waals surface area contributed by atoms with Gasteiger partial charge in [0.15, 0.2) is 20.8 Å². The highest BCUT2D eigenvalue weighted by molar-refractivity contribution is 7.99. The van der Waals surface area contributed by atoms with E-state index in [9.17, 15) is 22.0 Å². The first kappa shape index (κ1) is 21.4. The van der Waals surface area contributed by atoms with E-state index in [0.29, 0.717) is 17.8 Å². The Bertz CT molecular complexity index is 1220. The molecule has 0 unspecified atom stereocenters. The number of hydrogen-bond acceptors (Lipinski definition) is 6. The largest absolute Gasteiger partial charge is 0.352 e. The maximum Gasteiger partial charge on any atom is 0.230 e. The number of sulfone groups is 1. The van der Waals surface area contributed by atoms with E-state index in [0.717, 1.165) is 23.9 Å². The number of carbonyl (C=O) groups excluding carboxylic acids is 1. The quantitative estimate of drug-likeness (QED) is 0.564. The summed E-state index contributed by atoms with van der Waals surface area (Å²) >= 11 is 1.03. The van der Waals surface area contributed by atoms with Crippen molar-refractivity contribution >= 4 is 27.5 Å². The van der Waals surface area contributed by atoms with Gasteiger partial charge in [-0.15, -0.1) is 10.2 Å². The second-order valence-electron chi connectivity index (χ2n) is 7.06. The van der Waals surface area contributed by atoms with Crippen molar-refractivity contribution < 1.29 is 22.0 Å². The van der Waals surface area contributed by atoms with Gasteiger partial charge in [-0.3, -0.25) is 9.36 Å². The van der Waals surface area contributed by atoms with Crippen molar-refractivity contribution in [1.82, 2.24) is 20.1 Å². The van der Waals surface area contributed by atoms with Crippen LogP contribution in [-0.2, 0) is 14.6 Å². The fraction of sp³-hybridized carbons (Fsp3) is 0.250. The van der Waals surface area contributed by atoms with E-state index >= 15 is 0 Å². The Hall–Kier alpha value is -2.79.